The van der Waals surface area contributed by atoms with Crippen molar-refractivity contribution in [3.63, 3.8) is 0 Å². The van der Waals surface area contributed by atoms with E-state index in [0.29, 0.717) is 26.2 Å². The summed E-state index contributed by atoms with van der Waals surface area (Å²) in [5.74, 6) is 0.902. The summed E-state index contributed by atoms with van der Waals surface area (Å²) in [4.78, 5) is 13.9. The van der Waals surface area contributed by atoms with Crippen LogP contribution in [0.2, 0.25) is 0 Å². The minimum absolute atomic E-state index is 0.0470. The lowest BCUT2D eigenvalue weighted by Gasteiger charge is -2.16. The average molecular weight is 326 g/mol. The van der Waals surface area contributed by atoms with Crippen molar-refractivity contribution in [1.82, 2.24) is 10.2 Å². The Morgan fingerprint density at radius 1 is 1.08 bits per heavy atom. The summed E-state index contributed by atoms with van der Waals surface area (Å²) in [5.41, 5.74) is 2.55. The molecule has 4 heteroatoms. The van der Waals surface area contributed by atoms with Crippen molar-refractivity contribution in [2.45, 2.75) is 13.3 Å². The van der Waals surface area contributed by atoms with E-state index in [4.69, 9.17) is 4.74 Å². The molecule has 0 aromatic heterocycles. The van der Waals surface area contributed by atoms with Gasteiger partial charge in [-0.2, -0.15) is 0 Å². The van der Waals surface area contributed by atoms with E-state index in [1.165, 1.54) is 11.1 Å². The largest absolute Gasteiger partial charge is 0.492 e. The summed E-state index contributed by atoms with van der Waals surface area (Å²) in [7, 11) is 1.93. The molecule has 1 N–H and O–H groups in total. The van der Waals surface area contributed by atoms with Crippen LogP contribution in [0.25, 0.3) is 0 Å². The van der Waals surface area contributed by atoms with E-state index >= 15 is 0 Å². The fourth-order valence-corrected chi connectivity index (χ4v) is 2.44. The van der Waals surface area contributed by atoms with Gasteiger partial charge in [-0.25, -0.2) is 0 Å². The molecule has 0 atom stereocenters. The third-order valence-corrected chi connectivity index (χ3v) is 3.88. The molecule has 0 bridgehead atoms. The first-order valence-electron chi connectivity index (χ1n) is 8.33. The Bertz CT molecular complexity index is 629. The van der Waals surface area contributed by atoms with Crippen LogP contribution < -0.4 is 10.1 Å². The molecule has 0 spiro atoms. The van der Waals surface area contributed by atoms with Crippen LogP contribution in [-0.2, 0) is 11.2 Å². The quantitative estimate of drug-likeness (QED) is 0.770. The molecule has 0 unspecified atom stereocenters. The fraction of sp³-hybridized carbons (Fsp3) is 0.350. The highest BCUT2D eigenvalue weighted by molar-refractivity contribution is 5.77. The SMILES string of the molecule is Cc1ccccc1CCNC(=O)CN(C)CCOc1ccccc1. The van der Waals surface area contributed by atoms with E-state index in [1.807, 2.05) is 54.4 Å². The Labute approximate surface area is 144 Å². The number of carbonyl (C=O) groups excluding carboxylic acids is 1. The zero-order valence-electron chi connectivity index (χ0n) is 14.5. The van der Waals surface area contributed by atoms with Gasteiger partial charge >= 0.3 is 0 Å². The van der Waals surface area contributed by atoms with Crippen molar-refractivity contribution in [2.24, 2.45) is 0 Å². The third-order valence-electron chi connectivity index (χ3n) is 3.88. The maximum atomic E-state index is 12.0. The van der Waals surface area contributed by atoms with Crippen molar-refractivity contribution in [3.8, 4) is 5.75 Å². The van der Waals surface area contributed by atoms with Crippen LogP contribution in [0.1, 0.15) is 11.1 Å². The van der Waals surface area contributed by atoms with Crippen molar-refractivity contribution in [3.05, 3.63) is 65.7 Å². The number of hydrogen-bond acceptors (Lipinski definition) is 3. The number of ether oxygens (including phenoxy) is 1. The Hall–Kier alpha value is -2.33. The van der Waals surface area contributed by atoms with E-state index < -0.39 is 0 Å². The molecule has 0 aliphatic heterocycles. The summed E-state index contributed by atoms with van der Waals surface area (Å²) in [5, 5.41) is 2.98. The Kier molecular flexibility index (Phi) is 7.30. The van der Waals surface area contributed by atoms with E-state index in [2.05, 4.69) is 24.4 Å². The first kappa shape index (κ1) is 18.0. The summed E-state index contributed by atoms with van der Waals surface area (Å²) >= 11 is 0. The lowest BCUT2D eigenvalue weighted by atomic mass is 10.1. The van der Waals surface area contributed by atoms with Crippen molar-refractivity contribution < 1.29 is 9.53 Å². The molecule has 0 aliphatic rings. The van der Waals surface area contributed by atoms with Gasteiger partial charge in [-0.1, -0.05) is 42.5 Å². The number of carbonyl (C=O) groups is 1. The number of para-hydroxylation sites is 1. The molecule has 0 fully saturated rings. The van der Waals surface area contributed by atoms with Gasteiger partial charge in [0, 0.05) is 13.1 Å². The van der Waals surface area contributed by atoms with Gasteiger partial charge in [-0.3, -0.25) is 9.69 Å². The van der Waals surface area contributed by atoms with Crippen LogP contribution >= 0.6 is 0 Å². The highest BCUT2D eigenvalue weighted by Crippen LogP contribution is 2.08. The molecule has 2 aromatic rings. The maximum Gasteiger partial charge on any atom is 0.234 e. The van der Waals surface area contributed by atoms with E-state index in [0.717, 1.165) is 12.2 Å². The van der Waals surface area contributed by atoms with E-state index in [1.54, 1.807) is 0 Å². The highest BCUT2D eigenvalue weighted by Gasteiger charge is 2.06. The smallest absolute Gasteiger partial charge is 0.234 e. The summed E-state index contributed by atoms with van der Waals surface area (Å²) < 4.78 is 5.64. The standard InChI is InChI=1S/C20H26N2O2/c1-17-8-6-7-9-18(17)12-13-21-20(23)16-22(2)14-15-24-19-10-4-3-5-11-19/h3-11H,12-16H2,1-2H3,(H,21,23). The van der Waals surface area contributed by atoms with Crippen LogP contribution in [0.5, 0.6) is 5.75 Å². The lowest BCUT2D eigenvalue weighted by molar-refractivity contribution is -0.121. The first-order chi connectivity index (χ1) is 11.6. The van der Waals surface area contributed by atoms with Crippen LogP contribution in [0.3, 0.4) is 0 Å². The number of rotatable bonds is 9. The molecule has 0 aliphatic carbocycles. The predicted molar refractivity (Wildman–Crippen MR) is 97.3 cm³/mol. The second kappa shape index (κ2) is 9.73. The zero-order valence-corrected chi connectivity index (χ0v) is 14.5. The number of hydrogen-bond donors (Lipinski definition) is 1. The van der Waals surface area contributed by atoms with Crippen LogP contribution in [0.15, 0.2) is 54.6 Å². The molecule has 4 nitrogen and oxygen atoms in total. The minimum atomic E-state index is 0.0470. The molecule has 0 heterocycles. The summed E-state index contributed by atoms with van der Waals surface area (Å²) in [6.45, 7) is 4.42. The maximum absolute atomic E-state index is 12.0. The van der Waals surface area contributed by atoms with E-state index in [-0.39, 0.29) is 5.91 Å². The molecule has 24 heavy (non-hydrogen) atoms. The third kappa shape index (κ3) is 6.42. The Morgan fingerprint density at radius 3 is 2.54 bits per heavy atom. The molecular formula is C20H26N2O2. The van der Waals surface area contributed by atoms with Gasteiger partial charge < -0.3 is 10.1 Å². The molecule has 2 aromatic carbocycles. The summed E-state index contributed by atoms with van der Waals surface area (Å²) in [6, 6.07) is 18.0. The van der Waals surface area contributed by atoms with Crippen molar-refractivity contribution >= 4 is 5.91 Å². The number of benzene rings is 2. The molecule has 0 radical (unpaired) electrons. The van der Waals surface area contributed by atoms with Gasteiger partial charge in [-0.15, -0.1) is 0 Å². The van der Waals surface area contributed by atoms with Gasteiger partial charge in [0.25, 0.3) is 0 Å². The Morgan fingerprint density at radius 2 is 1.79 bits per heavy atom. The van der Waals surface area contributed by atoms with Gasteiger partial charge in [-0.05, 0) is 43.7 Å². The van der Waals surface area contributed by atoms with E-state index in [9.17, 15) is 4.79 Å². The van der Waals surface area contributed by atoms with Gasteiger partial charge in [0.2, 0.25) is 5.91 Å². The number of amides is 1. The molecule has 128 valence electrons. The average Bonchev–Trinajstić information content (AvgIpc) is 2.57. The molecule has 2 rings (SSSR count). The van der Waals surface area contributed by atoms with Crippen LogP contribution in [-0.4, -0.2) is 44.1 Å². The number of nitrogens with zero attached hydrogens (tertiary/aromatic N) is 1. The lowest BCUT2D eigenvalue weighted by Crippen LogP contribution is -2.37. The Balaban J connectivity index is 1.60. The second-order valence-corrected chi connectivity index (χ2v) is 5.93. The first-order valence-corrected chi connectivity index (χ1v) is 8.33. The topological polar surface area (TPSA) is 41.6 Å². The molecule has 0 saturated heterocycles. The van der Waals surface area contributed by atoms with Crippen molar-refractivity contribution in [1.29, 1.82) is 0 Å². The fourth-order valence-electron chi connectivity index (χ4n) is 2.44. The molecular weight excluding hydrogens is 300 g/mol. The number of likely N-dealkylation sites (N-methyl/N-ethyl adjacent to an activating group) is 1. The predicted octanol–water partition coefficient (Wildman–Crippen LogP) is 2.66. The second-order valence-electron chi connectivity index (χ2n) is 5.93. The van der Waals surface area contributed by atoms with Crippen LogP contribution in [0.4, 0.5) is 0 Å². The van der Waals surface area contributed by atoms with Gasteiger partial charge in [0.1, 0.15) is 12.4 Å². The molecule has 0 saturated carbocycles. The summed E-state index contributed by atoms with van der Waals surface area (Å²) in [6.07, 6.45) is 0.860. The number of nitrogens with one attached hydrogen (secondary N) is 1. The van der Waals surface area contributed by atoms with Gasteiger partial charge in [0.15, 0.2) is 0 Å². The highest BCUT2D eigenvalue weighted by atomic mass is 16.5. The zero-order chi connectivity index (χ0) is 17.2. The van der Waals surface area contributed by atoms with Crippen molar-refractivity contribution in [2.75, 3.05) is 33.3 Å². The number of aryl methyl sites for hydroxylation is 1. The minimum Gasteiger partial charge on any atom is -0.492 e. The van der Waals surface area contributed by atoms with Gasteiger partial charge in [0.05, 0.1) is 6.54 Å². The normalized spacial score (nSPS) is 10.6. The molecule has 1 amide bonds. The van der Waals surface area contributed by atoms with Crippen LogP contribution in [0, 0.1) is 6.92 Å². The monoisotopic (exact) mass is 326 g/mol.